The third-order valence-electron chi connectivity index (χ3n) is 5.18. The first-order valence-corrected chi connectivity index (χ1v) is 10.7. The van der Waals surface area contributed by atoms with Crippen LogP contribution in [0.25, 0.3) is 0 Å². The smallest absolute Gasteiger partial charge is 0.490 e. The van der Waals surface area contributed by atoms with Crippen LogP contribution in [0.2, 0.25) is 0 Å². The molecule has 0 radical (unpaired) electrons. The summed E-state index contributed by atoms with van der Waals surface area (Å²) in [7, 11) is 0. The third kappa shape index (κ3) is 5.98. The van der Waals surface area contributed by atoms with E-state index in [1.54, 1.807) is 6.07 Å². The highest BCUT2D eigenvalue weighted by atomic mass is 32.2. The molecular formula is C20H26F3N3O4S. The van der Waals surface area contributed by atoms with Gasteiger partial charge in [-0.15, -0.1) is 0 Å². The number of carbonyl (C=O) groups excluding carboxylic acids is 1. The van der Waals surface area contributed by atoms with Crippen LogP contribution in [0, 0.1) is 5.41 Å². The van der Waals surface area contributed by atoms with Gasteiger partial charge in [0.15, 0.2) is 0 Å². The number of rotatable bonds is 2. The van der Waals surface area contributed by atoms with Crippen LogP contribution in [0.1, 0.15) is 55.1 Å². The predicted octanol–water partition coefficient (Wildman–Crippen LogP) is 2.60. The summed E-state index contributed by atoms with van der Waals surface area (Å²) in [4.78, 5) is 20.5. The van der Waals surface area contributed by atoms with Crippen LogP contribution < -0.4 is 11.1 Å². The molecule has 1 fully saturated rings. The minimum absolute atomic E-state index is 0.0786. The third-order valence-corrected chi connectivity index (χ3v) is 6.58. The summed E-state index contributed by atoms with van der Waals surface area (Å²) in [6, 6.07) is 5.58. The molecule has 1 aliphatic carbocycles. The lowest BCUT2D eigenvalue weighted by Gasteiger charge is -2.34. The lowest BCUT2D eigenvalue weighted by atomic mass is 9.75. The summed E-state index contributed by atoms with van der Waals surface area (Å²) < 4.78 is 48.7. The summed E-state index contributed by atoms with van der Waals surface area (Å²) >= 11 is -1.33. The van der Waals surface area contributed by atoms with Gasteiger partial charge in [0, 0.05) is 16.5 Å². The molecule has 1 unspecified atom stereocenters. The maximum Gasteiger partial charge on any atom is 0.490 e. The monoisotopic (exact) mass is 461 g/mol. The Morgan fingerprint density at radius 2 is 1.77 bits per heavy atom. The Morgan fingerprint density at radius 1 is 1.23 bits per heavy atom. The molecule has 7 nitrogen and oxygen atoms in total. The van der Waals surface area contributed by atoms with Crippen LogP contribution in [0.15, 0.2) is 22.6 Å². The highest BCUT2D eigenvalue weighted by Crippen LogP contribution is 2.45. The van der Waals surface area contributed by atoms with E-state index in [4.69, 9.17) is 15.6 Å². The van der Waals surface area contributed by atoms with Crippen molar-refractivity contribution in [2.24, 2.45) is 15.5 Å². The molecule has 3 rings (SSSR count). The number of halogens is 3. The molecule has 11 heteroatoms. The van der Waals surface area contributed by atoms with Gasteiger partial charge in [-0.2, -0.15) is 13.2 Å². The lowest BCUT2D eigenvalue weighted by molar-refractivity contribution is -0.192. The molecule has 31 heavy (non-hydrogen) atoms. The standard InChI is InChI=1S/C18H25N3O2S.C2HF3O2/c1-17(2,3)24(23)21-15-14-10-12(16(19)22)4-5-13(14)11-18(15)6-8-20-9-7-18;3-2(4,5)1(6)7/h4-5,10,20H,6-9,11H2,1-3H3,(H2,19,22);(H,6,7). The number of alkyl halides is 3. The fraction of sp³-hybridized carbons (Fsp3) is 0.550. The van der Waals surface area contributed by atoms with Crippen molar-refractivity contribution in [1.29, 1.82) is 0 Å². The first-order valence-electron chi connectivity index (χ1n) is 9.62. The number of carboxylic acids is 1. The molecular weight excluding hydrogens is 435 g/mol. The number of benzene rings is 1. The van der Waals surface area contributed by atoms with Crippen molar-refractivity contribution in [2.75, 3.05) is 13.1 Å². The fourth-order valence-electron chi connectivity index (χ4n) is 3.52. The number of nitrogens with one attached hydrogen (secondary N) is 1. The zero-order valence-corrected chi connectivity index (χ0v) is 18.3. The average molecular weight is 462 g/mol. The summed E-state index contributed by atoms with van der Waals surface area (Å²) in [5.41, 5.74) is 8.87. The molecule has 1 saturated heterocycles. The van der Waals surface area contributed by atoms with E-state index in [1.165, 1.54) is 5.56 Å². The van der Waals surface area contributed by atoms with Crippen molar-refractivity contribution in [1.82, 2.24) is 5.32 Å². The Hall–Kier alpha value is -2.11. The van der Waals surface area contributed by atoms with Crippen LogP contribution >= 0.6 is 0 Å². The Labute approximate surface area is 181 Å². The van der Waals surface area contributed by atoms with E-state index in [-0.39, 0.29) is 5.41 Å². The number of primary amides is 1. The van der Waals surface area contributed by atoms with Crippen molar-refractivity contribution in [3.05, 3.63) is 34.9 Å². The zero-order chi connectivity index (χ0) is 23.6. The van der Waals surface area contributed by atoms with Crippen molar-refractivity contribution in [2.45, 2.75) is 51.0 Å². The van der Waals surface area contributed by atoms with Crippen LogP contribution in [0.4, 0.5) is 13.2 Å². The number of nitrogens with zero attached hydrogens (tertiary/aromatic N) is 1. The van der Waals surface area contributed by atoms with Crippen molar-refractivity contribution < 1.29 is 32.4 Å². The summed E-state index contributed by atoms with van der Waals surface area (Å²) in [5.74, 6) is -3.20. The van der Waals surface area contributed by atoms with E-state index in [0.29, 0.717) is 5.56 Å². The van der Waals surface area contributed by atoms with Crippen molar-refractivity contribution in [3.8, 4) is 0 Å². The second-order valence-corrected chi connectivity index (χ2v) is 10.5. The fourth-order valence-corrected chi connectivity index (χ4v) is 4.25. The highest BCUT2D eigenvalue weighted by molar-refractivity contribution is 7.91. The molecule has 2 aliphatic rings. The van der Waals surface area contributed by atoms with Gasteiger partial charge in [0.25, 0.3) is 0 Å². The number of nitrogens with two attached hydrogens (primary N) is 1. The number of carbonyl (C=O) groups is 2. The van der Waals surface area contributed by atoms with Crippen LogP contribution in [0.5, 0.6) is 0 Å². The van der Waals surface area contributed by atoms with Crippen molar-refractivity contribution in [3.63, 3.8) is 0 Å². The molecule has 0 aromatic heterocycles. The van der Waals surface area contributed by atoms with Gasteiger partial charge >= 0.3 is 12.1 Å². The number of aliphatic carboxylic acids is 1. The first kappa shape index (κ1) is 25.2. The van der Waals surface area contributed by atoms with Crippen LogP contribution in [-0.2, 0) is 22.6 Å². The van der Waals surface area contributed by atoms with E-state index in [1.807, 2.05) is 32.9 Å². The van der Waals surface area contributed by atoms with Gasteiger partial charge in [-0.3, -0.25) is 4.79 Å². The predicted molar refractivity (Wildman–Crippen MR) is 111 cm³/mol. The topological polar surface area (TPSA) is 128 Å². The molecule has 0 bridgehead atoms. The Bertz CT molecular complexity index is 875. The van der Waals surface area contributed by atoms with Crippen LogP contribution in [-0.4, -0.2) is 51.3 Å². The van der Waals surface area contributed by atoms with Gasteiger partial charge in [-0.1, -0.05) is 10.5 Å². The SMILES string of the molecule is CC(C)(C)[S+]([O-])N=C1c2cc(C(N)=O)ccc2CC12CCNCC2.O=C(O)C(F)(F)F. The quantitative estimate of drug-likeness (QED) is 0.584. The average Bonchev–Trinajstić information content (AvgIpc) is 2.93. The Morgan fingerprint density at radius 3 is 2.23 bits per heavy atom. The normalized spacial score (nSPS) is 20.0. The molecule has 1 aliphatic heterocycles. The van der Waals surface area contributed by atoms with E-state index >= 15 is 0 Å². The van der Waals surface area contributed by atoms with E-state index in [9.17, 15) is 22.5 Å². The van der Waals surface area contributed by atoms with Gasteiger partial charge in [-0.25, -0.2) is 4.79 Å². The number of carboxylic acid groups (broad SMARTS) is 1. The number of amides is 1. The molecule has 0 saturated carbocycles. The molecule has 1 aromatic carbocycles. The number of hydrogen-bond acceptors (Lipinski definition) is 5. The maximum absolute atomic E-state index is 12.7. The largest absolute Gasteiger partial charge is 0.591 e. The second kappa shape index (κ2) is 9.17. The first-order chi connectivity index (χ1) is 14.2. The Balaban J connectivity index is 0.000000423. The van der Waals surface area contributed by atoms with Gasteiger partial charge in [0.1, 0.15) is 21.8 Å². The number of hydrogen-bond donors (Lipinski definition) is 3. The Kier molecular flexibility index (Phi) is 7.44. The summed E-state index contributed by atoms with van der Waals surface area (Å²) in [6.07, 6.45) is -2.26. The highest BCUT2D eigenvalue weighted by Gasteiger charge is 2.46. The number of fused-ring (bicyclic) bond motifs is 1. The minimum Gasteiger partial charge on any atom is -0.591 e. The van der Waals surface area contributed by atoms with E-state index in [0.717, 1.165) is 43.6 Å². The van der Waals surface area contributed by atoms with Gasteiger partial charge in [-0.05, 0) is 70.8 Å². The van der Waals surface area contributed by atoms with Gasteiger partial charge in [0.2, 0.25) is 5.91 Å². The molecule has 1 spiro atoms. The summed E-state index contributed by atoms with van der Waals surface area (Å²) in [6.45, 7) is 7.64. The molecule has 1 amide bonds. The molecule has 4 N–H and O–H groups in total. The van der Waals surface area contributed by atoms with Crippen molar-refractivity contribution >= 4 is 29.0 Å². The number of piperidine rings is 1. The lowest BCUT2D eigenvalue weighted by Crippen LogP contribution is -2.42. The maximum atomic E-state index is 12.7. The second-order valence-electron chi connectivity index (χ2n) is 8.55. The molecule has 1 aromatic rings. The minimum atomic E-state index is -5.08. The molecule has 1 heterocycles. The van der Waals surface area contributed by atoms with Crippen LogP contribution in [0.3, 0.4) is 0 Å². The molecule has 172 valence electrons. The van der Waals surface area contributed by atoms with Gasteiger partial charge < -0.3 is 20.7 Å². The summed E-state index contributed by atoms with van der Waals surface area (Å²) in [5, 5.41) is 10.5. The van der Waals surface area contributed by atoms with E-state index < -0.39 is 34.2 Å². The van der Waals surface area contributed by atoms with Gasteiger partial charge in [0.05, 0.1) is 0 Å². The van der Waals surface area contributed by atoms with E-state index in [2.05, 4.69) is 9.71 Å². The zero-order valence-electron chi connectivity index (χ0n) is 17.5. The molecule has 1 atom stereocenters.